The van der Waals surface area contributed by atoms with Crippen LogP contribution in [0.4, 0.5) is 5.69 Å². The summed E-state index contributed by atoms with van der Waals surface area (Å²) in [5.74, 6) is 0.701. The van der Waals surface area contributed by atoms with Gasteiger partial charge in [0.15, 0.2) is 11.5 Å². The van der Waals surface area contributed by atoms with E-state index in [1.807, 2.05) is 31.2 Å². The molecule has 0 aliphatic carbocycles. The molecule has 0 bridgehead atoms. The Hall–Kier alpha value is -2.49. The van der Waals surface area contributed by atoms with Crippen molar-refractivity contribution < 1.29 is 14.6 Å². The van der Waals surface area contributed by atoms with E-state index in [1.165, 1.54) is 19.8 Å². The summed E-state index contributed by atoms with van der Waals surface area (Å²) in [5, 5.41) is 9.83. The first-order chi connectivity index (χ1) is 9.63. The Balaban J connectivity index is 2.31. The summed E-state index contributed by atoms with van der Waals surface area (Å²) < 4.78 is 10.2. The molecule has 104 valence electrons. The highest BCUT2D eigenvalue weighted by molar-refractivity contribution is 5.84. The Kier molecular flexibility index (Phi) is 4.25. The maximum Gasteiger partial charge on any atom is 0.200 e. The molecule has 0 amide bonds. The van der Waals surface area contributed by atoms with Crippen LogP contribution in [-0.4, -0.2) is 25.5 Å². The van der Waals surface area contributed by atoms with Gasteiger partial charge in [0.2, 0.25) is 5.75 Å². The SMILES string of the molecule is COc1cc(C=Nc2ccc(C)cc2)cc(OC)c1O. The van der Waals surface area contributed by atoms with Crippen LogP contribution in [0.2, 0.25) is 0 Å². The summed E-state index contributed by atoms with van der Waals surface area (Å²) in [4.78, 5) is 4.38. The van der Waals surface area contributed by atoms with Gasteiger partial charge in [-0.3, -0.25) is 4.99 Å². The highest BCUT2D eigenvalue weighted by Crippen LogP contribution is 2.36. The third-order valence-electron chi connectivity index (χ3n) is 2.90. The van der Waals surface area contributed by atoms with Crippen molar-refractivity contribution in [3.05, 3.63) is 47.5 Å². The van der Waals surface area contributed by atoms with Crippen LogP contribution in [0.3, 0.4) is 0 Å². The summed E-state index contributed by atoms with van der Waals surface area (Å²) in [7, 11) is 2.99. The van der Waals surface area contributed by atoms with Crippen molar-refractivity contribution in [2.45, 2.75) is 6.92 Å². The Morgan fingerprint density at radius 1 is 1.00 bits per heavy atom. The maximum absolute atomic E-state index is 9.83. The number of aryl methyl sites for hydroxylation is 1. The molecule has 0 radical (unpaired) electrons. The van der Waals surface area contributed by atoms with Crippen LogP contribution in [-0.2, 0) is 0 Å². The fourth-order valence-electron chi connectivity index (χ4n) is 1.77. The number of hydrogen-bond donors (Lipinski definition) is 1. The molecule has 0 unspecified atom stereocenters. The Morgan fingerprint density at radius 2 is 1.55 bits per heavy atom. The monoisotopic (exact) mass is 271 g/mol. The van der Waals surface area contributed by atoms with Gasteiger partial charge in [-0.1, -0.05) is 17.7 Å². The molecule has 0 spiro atoms. The Labute approximate surface area is 118 Å². The zero-order valence-electron chi connectivity index (χ0n) is 11.8. The first kappa shape index (κ1) is 13.9. The van der Waals surface area contributed by atoms with Crippen LogP contribution in [0.25, 0.3) is 0 Å². The first-order valence-corrected chi connectivity index (χ1v) is 6.19. The van der Waals surface area contributed by atoms with Crippen molar-refractivity contribution in [1.82, 2.24) is 0 Å². The van der Waals surface area contributed by atoms with Crippen molar-refractivity contribution in [2.75, 3.05) is 14.2 Å². The number of hydrogen-bond acceptors (Lipinski definition) is 4. The largest absolute Gasteiger partial charge is 0.502 e. The predicted octanol–water partition coefficient (Wildman–Crippen LogP) is 3.47. The van der Waals surface area contributed by atoms with Gasteiger partial charge < -0.3 is 14.6 Å². The molecule has 0 atom stereocenters. The van der Waals surface area contributed by atoms with Gasteiger partial charge in [-0.25, -0.2) is 0 Å². The van der Waals surface area contributed by atoms with E-state index in [1.54, 1.807) is 18.3 Å². The molecular formula is C16H17NO3. The molecule has 0 aliphatic rings. The van der Waals surface area contributed by atoms with Gasteiger partial charge in [0.25, 0.3) is 0 Å². The van der Waals surface area contributed by atoms with Crippen LogP contribution in [0.1, 0.15) is 11.1 Å². The molecule has 2 aromatic rings. The first-order valence-electron chi connectivity index (χ1n) is 6.19. The molecule has 0 fully saturated rings. The lowest BCUT2D eigenvalue weighted by atomic mass is 10.2. The number of aromatic hydroxyl groups is 1. The average molecular weight is 271 g/mol. The minimum atomic E-state index is -0.0116. The van der Waals surface area contributed by atoms with E-state index >= 15 is 0 Å². The minimum absolute atomic E-state index is 0.0116. The summed E-state index contributed by atoms with van der Waals surface area (Å²) in [6.07, 6.45) is 1.70. The molecular weight excluding hydrogens is 254 g/mol. The fourth-order valence-corrected chi connectivity index (χ4v) is 1.77. The molecule has 0 saturated carbocycles. The molecule has 0 aliphatic heterocycles. The van der Waals surface area contributed by atoms with Crippen LogP contribution in [0.15, 0.2) is 41.4 Å². The highest BCUT2D eigenvalue weighted by atomic mass is 16.5. The fraction of sp³-hybridized carbons (Fsp3) is 0.188. The summed E-state index contributed by atoms with van der Waals surface area (Å²) >= 11 is 0. The van der Waals surface area contributed by atoms with Gasteiger partial charge >= 0.3 is 0 Å². The standard InChI is InChI=1S/C16H17NO3/c1-11-4-6-13(7-5-11)17-10-12-8-14(19-2)16(18)15(9-12)20-3/h4-10,18H,1-3H3. The minimum Gasteiger partial charge on any atom is -0.502 e. The van der Waals surface area contributed by atoms with E-state index in [9.17, 15) is 5.11 Å². The normalized spacial score (nSPS) is 10.8. The molecule has 0 aromatic heterocycles. The smallest absolute Gasteiger partial charge is 0.200 e. The number of benzene rings is 2. The second-order valence-electron chi connectivity index (χ2n) is 4.37. The molecule has 2 rings (SSSR count). The van der Waals surface area contributed by atoms with Crippen LogP contribution in [0.5, 0.6) is 17.2 Å². The van der Waals surface area contributed by atoms with E-state index in [2.05, 4.69) is 4.99 Å². The molecule has 4 nitrogen and oxygen atoms in total. The van der Waals surface area contributed by atoms with E-state index in [4.69, 9.17) is 9.47 Å². The molecule has 0 saturated heterocycles. The van der Waals surface area contributed by atoms with E-state index in [0.29, 0.717) is 11.5 Å². The Morgan fingerprint density at radius 3 is 2.05 bits per heavy atom. The maximum atomic E-state index is 9.83. The van der Waals surface area contributed by atoms with Gasteiger partial charge in [-0.15, -0.1) is 0 Å². The molecule has 1 N–H and O–H groups in total. The van der Waals surface area contributed by atoms with Crippen molar-refractivity contribution in [1.29, 1.82) is 0 Å². The lowest BCUT2D eigenvalue weighted by Crippen LogP contribution is -1.92. The topological polar surface area (TPSA) is 51.0 Å². The van der Waals surface area contributed by atoms with Crippen molar-refractivity contribution in [3.8, 4) is 17.2 Å². The molecule has 0 heterocycles. The van der Waals surface area contributed by atoms with E-state index in [-0.39, 0.29) is 5.75 Å². The number of phenolic OH excluding ortho intramolecular Hbond substituents is 1. The second-order valence-corrected chi connectivity index (χ2v) is 4.37. The summed E-state index contributed by atoms with van der Waals surface area (Å²) in [6, 6.07) is 11.3. The number of ether oxygens (including phenoxy) is 2. The van der Waals surface area contributed by atoms with E-state index < -0.39 is 0 Å². The third kappa shape index (κ3) is 3.09. The number of nitrogens with zero attached hydrogens (tertiary/aromatic N) is 1. The van der Waals surface area contributed by atoms with E-state index in [0.717, 1.165) is 11.3 Å². The van der Waals surface area contributed by atoms with Gasteiger partial charge in [0.1, 0.15) is 0 Å². The van der Waals surface area contributed by atoms with Crippen molar-refractivity contribution in [2.24, 2.45) is 4.99 Å². The van der Waals surface area contributed by atoms with Crippen molar-refractivity contribution >= 4 is 11.9 Å². The Bertz CT molecular complexity index is 593. The zero-order chi connectivity index (χ0) is 14.5. The van der Waals surface area contributed by atoms with Crippen molar-refractivity contribution in [3.63, 3.8) is 0 Å². The third-order valence-corrected chi connectivity index (χ3v) is 2.90. The number of methoxy groups -OCH3 is 2. The molecule has 2 aromatic carbocycles. The van der Waals surface area contributed by atoms with Crippen LogP contribution >= 0.6 is 0 Å². The second kappa shape index (κ2) is 6.10. The van der Waals surface area contributed by atoms with Gasteiger partial charge in [0, 0.05) is 11.8 Å². The molecule has 20 heavy (non-hydrogen) atoms. The number of phenols is 1. The van der Waals surface area contributed by atoms with Gasteiger partial charge in [-0.2, -0.15) is 0 Å². The summed E-state index contributed by atoms with van der Waals surface area (Å²) in [5.41, 5.74) is 2.84. The number of aliphatic imine (C=N–C) groups is 1. The lowest BCUT2D eigenvalue weighted by Gasteiger charge is -2.09. The quantitative estimate of drug-likeness (QED) is 0.866. The van der Waals surface area contributed by atoms with Crippen LogP contribution < -0.4 is 9.47 Å². The van der Waals surface area contributed by atoms with Gasteiger partial charge in [-0.05, 0) is 31.2 Å². The summed E-state index contributed by atoms with van der Waals surface area (Å²) in [6.45, 7) is 2.03. The lowest BCUT2D eigenvalue weighted by molar-refractivity contribution is 0.340. The predicted molar refractivity (Wildman–Crippen MR) is 79.6 cm³/mol. The molecule has 4 heteroatoms. The van der Waals surface area contributed by atoms with Gasteiger partial charge in [0.05, 0.1) is 19.9 Å². The number of rotatable bonds is 4. The average Bonchev–Trinajstić information content (AvgIpc) is 2.47. The van der Waals surface area contributed by atoms with Crippen LogP contribution in [0, 0.1) is 6.92 Å². The highest BCUT2D eigenvalue weighted by Gasteiger charge is 2.10. The zero-order valence-corrected chi connectivity index (χ0v) is 11.8.